The van der Waals surface area contributed by atoms with E-state index >= 15 is 0 Å². The van der Waals surface area contributed by atoms with Crippen LogP contribution in [0.1, 0.15) is 66.8 Å². The topological polar surface area (TPSA) is 9.72 Å². The normalized spacial score (nSPS) is 15.2. The summed E-state index contributed by atoms with van der Waals surface area (Å²) < 4.78 is 4.50. The Kier molecular flexibility index (Phi) is 11.8. The fraction of sp³-hybridized carbons (Fsp3) is 0.0323. The van der Waals surface area contributed by atoms with Crippen LogP contribution in [0.25, 0.3) is 33.4 Å². The third-order valence-electron chi connectivity index (χ3n) is 22.2. The van der Waals surface area contributed by atoms with Gasteiger partial charge < -0.3 is 0 Å². The number of fused-ring (bicyclic) bond motifs is 9. The van der Waals surface area contributed by atoms with Gasteiger partial charge >= 0.3 is 578 Å². The predicted molar refractivity (Wildman–Crippen MR) is 401 cm³/mol. The molecule has 15 aromatic rings. The van der Waals surface area contributed by atoms with E-state index in [-0.39, 0.29) is 0 Å². The van der Waals surface area contributed by atoms with Gasteiger partial charge in [0.2, 0.25) is 0 Å². The number of anilines is 9. The fourth-order valence-electron chi connectivity index (χ4n) is 18.6. The van der Waals surface area contributed by atoms with Crippen molar-refractivity contribution in [2.24, 2.45) is 0 Å². The van der Waals surface area contributed by atoms with Gasteiger partial charge in [-0.25, -0.2) is 0 Å². The van der Waals surface area contributed by atoms with Crippen molar-refractivity contribution in [3.8, 4) is 33.4 Å². The molecule has 3 nitrogen and oxygen atoms in total. The average molecular weight is 1430 g/mol. The van der Waals surface area contributed by atoms with Crippen molar-refractivity contribution in [2.45, 2.75) is 16.2 Å². The van der Waals surface area contributed by atoms with Crippen LogP contribution in [0.15, 0.2) is 364 Å². The van der Waals surface area contributed by atoms with Crippen LogP contribution < -0.4 is 24.5 Å². The molecule has 452 valence electrons. The van der Waals surface area contributed by atoms with Gasteiger partial charge in [0.15, 0.2) is 0 Å². The molecule has 97 heavy (non-hydrogen) atoms. The molecule has 0 atom stereocenters. The summed E-state index contributed by atoms with van der Waals surface area (Å²) in [5, 5.41) is 0. The van der Waals surface area contributed by atoms with Crippen molar-refractivity contribution >= 4 is 82.8 Å². The number of benzene rings is 15. The zero-order chi connectivity index (χ0) is 63.6. The minimum absolute atomic E-state index is 0.527. The van der Waals surface area contributed by atoms with Crippen molar-refractivity contribution in [1.82, 2.24) is 0 Å². The van der Waals surface area contributed by atoms with Gasteiger partial charge in [-0.3, -0.25) is 0 Å². The zero-order valence-corrected chi connectivity index (χ0v) is 56.4. The summed E-state index contributed by atoms with van der Waals surface area (Å²) in [6.45, 7) is 0. The van der Waals surface area contributed by atoms with Crippen molar-refractivity contribution in [1.29, 1.82) is 0 Å². The molecule has 0 spiro atoms. The van der Waals surface area contributed by atoms with Crippen molar-refractivity contribution in [2.75, 3.05) is 14.7 Å². The molecule has 0 unspecified atom stereocenters. The second-order valence-corrected chi connectivity index (χ2v) is 34.4. The van der Waals surface area contributed by atoms with Gasteiger partial charge in [0.05, 0.1) is 0 Å². The van der Waals surface area contributed by atoms with Gasteiger partial charge in [0.1, 0.15) is 0 Å². The molecule has 6 aliphatic rings. The van der Waals surface area contributed by atoms with Gasteiger partial charge in [-0.2, -0.15) is 0 Å². The second kappa shape index (κ2) is 20.8. The first kappa shape index (κ1) is 54.9. The third kappa shape index (κ3) is 7.22. The Bertz CT molecular complexity index is 5360. The summed E-state index contributed by atoms with van der Waals surface area (Å²) in [5.74, 6) is 0. The molecule has 0 aromatic heterocycles. The Morgan fingerprint density at radius 2 is 0.412 bits per heavy atom. The predicted octanol–water partition coefficient (Wildman–Crippen LogP) is 20.6. The Balaban J connectivity index is 0.837. The quantitative estimate of drug-likeness (QED) is 0.133. The molecule has 0 N–H and O–H groups in total. The molecule has 0 fully saturated rings. The first-order chi connectivity index (χ1) is 48.2. The molecule has 0 saturated heterocycles. The van der Waals surface area contributed by atoms with Crippen molar-refractivity contribution < 1.29 is 0 Å². The van der Waals surface area contributed by atoms with Gasteiger partial charge in [-0.15, -0.1) is 0 Å². The molecule has 4 heteroatoms. The molecule has 0 bridgehead atoms. The van der Waals surface area contributed by atoms with Crippen LogP contribution in [-0.2, 0) is 16.2 Å². The monoisotopic (exact) mass is 1430 g/mol. The number of hydrogen-bond donors (Lipinski definition) is 0. The Morgan fingerprint density at radius 3 is 0.732 bits per heavy atom. The van der Waals surface area contributed by atoms with Crippen LogP contribution in [0.2, 0.25) is 0 Å². The number of nitrogens with zero attached hydrogens (tertiary/aromatic N) is 3. The Hall–Kier alpha value is -11.4. The Labute approximate surface area is 573 Å². The number of hydrogen-bond acceptors (Lipinski definition) is 3. The third-order valence-corrected chi connectivity index (χ3v) is 32.8. The molecule has 0 amide bonds. The summed E-state index contributed by atoms with van der Waals surface area (Å²) >= 11 is -3.45. The summed E-state index contributed by atoms with van der Waals surface area (Å²) in [6.07, 6.45) is 0. The first-order valence-corrected chi connectivity index (χ1v) is 39.0. The van der Waals surface area contributed by atoms with E-state index < -0.39 is 38.0 Å². The van der Waals surface area contributed by atoms with Gasteiger partial charge in [-0.05, 0) is 0 Å². The van der Waals surface area contributed by atoms with Crippen LogP contribution >= 0.6 is 0 Å². The van der Waals surface area contributed by atoms with Gasteiger partial charge in [0, 0.05) is 0 Å². The molecule has 3 aliphatic heterocycles. The van der Waals surface area contributed by atoms with E-state index in [1.165, 1.54) is 144 Å². The second-order valence-electron chi connectivity index (χ2n) is 26.5. The average Bonchev–Trinajstić information content (AvgIpc) is 1.35. The van der Waals surface area contributed by atoms with Crippen LogP contribution in [0.4, 0.5) is 51.2 Å². The number of rotatable bonds is 9. The fourth-order valence-corrected chi connectivity index (χ4v) is 30.6. The van der Waals surface area contributed by atoms with Gasteiger partial charge in [-0.1, -0.05) is 0 Å². The van der Waals surface area contributed by atoms with Gasteiger partial charge in [0.25, 0.3) is 0 Å². The molecule has 21 rings (SSSR count). The standard InChI is InChI=1S/C93H60N3.Bi/c1-7-28-64(29-8-1)91(65-30-9-2-10-31-65)87-51-24-21-48-81(87)84-61-76(54-57-88(84)91)94-70-40-25-42-72(58-70)95(77-52-55-82-79-46-19-22-49-85(79)92(89(82)62-77,66-32-11-3-12-33-66)67-34-13-4-14-35-67)74-44-27-45-75(60-74)96(73-43-26-41-71(94)59-73)78-53-56-83-80-47-20-23-50-86(80)93(90(83)63-78,68-36-15-5-16-37-68)69-38-17-6-18-39-69;/h1-57,61-63H;. The molecule has 0 saturated carbocycles. The van der Waals surface area contributed by atoms with Crippen LogP contribution in [0.3, 0.4) is 0 Å². The SMILES string of the molecule is c1ccc(C2(c3ccccc3)c3ccccc3-c3cc(N4c5cccc6[c]5[Bi]5[c]7c4cccc7N(c4ccc7c(c4)C(c4ccccc4)(c4ccccc4)c4ccccc4-7)c4cccc([c]45)N6c4ccc5c(c4)C(c4ccccc4)(c4ccccc4)c4ccccc4-5)ccc32)cc1. The minimum atomic E-state index is -3.45. The van der Waals surface area contributed by atoms with E-state index in [1.807, 2.05) is 0 Å². The summed E-state index contributed by atoms with van der Waals surface area (Å²) in [4.78, 5) is 8.01. The molecule has 15 aromatic carbocycles. The summed E-state index contributed by atoms with van der Waals surface area (Å²) in [7, 11) is 0. The molecular formula is C93H60BiN3. The summed E-state index contributed by atoms with van der Waals surface area (Å²) in [5.41, 5.74) is 32.3. The molecule has 3 aliphatic carbocycles. The molecule has 0 radical (unpaired) electrons. The van der Waals surface area contributed by atoms with Crippen LogP contribution in [0.5, 0.6) is 0 Å². The maximum absolute atomic E-state index is 3.45. The van der Waals surface area contributed by atoms with E-state index in [2.05, 4.69) is 379 Å². The van der Waals surface area contributed by atoms with E-state index in [4.69, 9.17) is 0 Å². The van der Waals surface area contributed by atoms with E-state index in [0.717, 1.165) is 17.1 Å². The first-order valence-electron chi connectivity index (χ1n) is 33.8. The van der Waals surface area contributed by atoms with Crippen LogP contribution in [0, 0.1) is 0 Å². The van der Waals surface area contributed by atoms with E-state index in [1.54, 1.807) is 0 Å². The molecule has 3 heterocycles. The van der Waals surface area contributed by atoms with Crippen LogP contribution in [-0.4, -0.2) is 21.8 Å². The Morgan fingerprint density at radius 1 is 0.175 bits per heavy atom. The van der Waals surface area contributed by atoms with E-state index in [0.29, 0.717) is 0 Å². The van der Waals surface area contributed by atoms with E-state index in [9.17, 15) is 0 Å². The zero-order valence-electron chi connectivity index (χ0n) is 52.9. The molecular weight excluding hydrogens is 1370 g/mol. The summed E-state index contributed by atoms with van der Waals surface area (Å²) in [6, 6.07) is 139. The van der Waals surface area contributed by atoms with Crippen molar-refractivity contribution in [3.63, 3.8) is 0 Å². The van der Waals surface area contributed by atoms with Crippen molar-refractivity contribution in [3.05, 3.63) is 431 Å². The maximum atomic E-state index is 2.67.